The molecule has 7 nitrogen and oxygen atoms in total. The highest BCUT2D eigenvalue weighted by atomic mass is 19.1. The number of carboxylic acids is 1. The van der Waals surface area contributed by atoms with Gasteiger partial charge in [0, 0.05) is 6.54 Å². The van der Waals surface area contributed by atoms with Crippen LogP contribution < -0.4 is 5.32 Å². The molecule has 1 aliphatic rings. The highest BCUT2D eigenvalue weighted by molar-refractivity contribution is 5.86. The zero-order valence-corrected chi connectivity index (χ0v) is 12.3. The quantitative estimate of drug-likeness (QED) is 0.782. The molecule has 2 amide bonds. The van der Waals surface area contributed by atoms with Gasteiger partial charge in [0.05, 0.1) is 26.1 Å². The monoisotopic (exact) mass is 324 g/mol. The summed E-state index contributed by atoms with van der Waals surface area (Å²) in [6.07, 6.45) is -1.08. The smallest absolute Gasteiger partial charge is 0.334 e. The summed E-state index contributed by atoms with van der Waals surface area (Å²) in [5, 5.41) is 11.3. The number of amides is 2. The lowest BCUT2D eigenvalue weighted by molar-refractivity contribution is -0.159. The second-order valence-electron chi connectivity index (χ2n) is 5.12. The van der Waals surface area contributed by atoms with Crippen molar-refractivity contribution in [1.29, 1.82) is 0 Å². The minimum atomic E-state index is -1.13. The van der Waals surface area contributed by atoms with Crippen LogP contribution in [0.3, 0.4) is 0 Å². The van der Waals surface area contributed by atoms with E-state index >= 15 is 0 Å². The van der Waals surface area contributed by atoms with Crippen molar-refractivity contribution in [3.63, 3.8) is 0 Å². The Morgan fingerprint density at radius 2 is 2.17 bits per heavy atom. The van der Waals surface area contributed by atoms with Gasteiger partial charge >= 0.3 is 5.97 Å². The Hall–Kier alpha value is -2.48. The number of halogens is 1. The van der Waals surface area contributed by atoms with Gasteiger partial charge in [-0.3, -0.25) is 9.59 Å². The van der Waals surface area contributed by atoms with E-state index in [0.717, 1.165) is 0 Å². The summed E-state index contributed by atoms with van der Waals surface area (Å²) >= 11 is 0. The zero-order chi connectivity index (χ0) is 16.8. The highest BCUT2D eigenvalue weighted by Crippen LogP contribution is 2.06. The molecule has 0 bridgehead atoms. The fourth-order valence-corrected chi connectivity index (χ4v) is 2.21. The van der Waals surface area contributed by atoms with Crippen molar-refractivity contribution in [2.24, 2.45) is 0 Å². The first-order valence-corrected chi connectivity index (χ1v) is 7.09. The largest absolute Gasteiger partial charge is 0.479 e. The Morgan fingerprint density at radius 1 is 1.39 bits per heavy atom. The third kappa shape index (κ3) is 5.03. The molecule has 0 aromatic heterocycles. The Kier molecular flexibility index (Phi) is 5.64. The Morgan fingerprint density at radius 3 is 2.87 bits per heavy atom. The van der Waals surface area contributed by atoms with Crippen molar-refractivity contribution >= 4 is 17.8 Å². The van der Waals surface area contributed by atoms with E-state index in [4.69, 9.17) is 9.84 Å². The second kappa shape index (κ2) is 7.68. The minimum absolute atomic E-state index is 0.0358. The van der Waals surface area contributed by atoms with Gasteiger partial charge in [-0.1, -0.05) is 12.1 Å². The number of rotatable bonds is 5. The lowest BCUT2D eigenvalue weighted by Crippen LogP contribution is -2.51. The molecule has 1 aromatic carbocycles. The van der Waals surface area contributed by atoms with Crippen LogP contribution in [-0.2, 0) is 25.5 Å². The fourth-order valence-electron chi connectivity index (χ4n) is 2.21. The molecule has 23 heavy (non-hydrogen) atoms. The van der Waals surface area contributed by atoms with E-state index in [9.17, 15) is 18.8 Å². The number of benzene rings is 1. The van der Waals surface area contributed by atoms with E-state index < -0.39 is 23.8 Å². The summed E-state index contributed by atoms with van der Waals surface area (Å²) in [5.41, 5.74) is 0.507. The van der Waals surface area contributed by atoms with Crippen molar-refractivity contribution in [2.75, 3.05) is 26.2 Å². The molecule has 0 aliphatic carbocycles. The van der Waals surface area contributed by atoms with Crippen LogP contribution in [0, 0.1) is 5.82 Å². The first-order chi connectivity index (χ1) is 11.0. The number of carboxylic acid groups (broad SMARTS) is 1. The summed E-state index contributed by atoms with van der Waals surface area (Å²) in [5.74, 6) is -2.35. The van der Waals surface area contributed by atoms with Crippen LogP contribution in [0.25, 0.3) is 0 Å². The first-order valence-electron chi connectivity index (χ1n) is 7.09. The van der Waals surface area contributed by atoms with Crippen LogP contribution in [0.4, 0.5) is 4.39 Å². The molecule has 2 N–H and O–H groups in total. The Balaban J connectivity index is 1.79. The zero-order valence-electron chi connectivity index (χ0n) is 12.3. The van der Waals surface area contributed by atoms with Crippen molar-refractivity contribution < 1.29 is 28.6 Å². The van der Waals surface area contributed by atoms with Gasteiger partial charge in [0.1, 0.15) is 5.82 Å². The number of morpholine rings is 1. The molecule has 1 fully saturated rings. The number of ether oxygens (including phenoxy) is 1. The number of nitrogens with zero attached hydrogens (tertiary/aromatic N) is 1. The molecule has 1 aromatic rings. The van der Waals surface area contributed by atoms with Crippen molar-refractivity contribution in [3.05, 3.63) is 35.6 Å². The molecule has 1 unspecified atom stereocenters. The van der Waals surface area contributed by atoms with Gasteiger partial charge < -0.3 is 20.1 Å². The van der Waals surface area contributed by atoms with Crippen molar-refractivity contribution in [1.82, 2.24) is 10.2 Å². The standard InChI is InChI=1S/C15H17FN2O5/c16-11-3-1-2-10(6-11)7-13(19)17-8-14(20)18-4-5-23-12(9-18)15(21)22/h1-3,6,12H,4-5,7-9H2,(H,17,19)(H,21,22). The number of hydrogen-bond acceptors (Lipinski definition) is 4. The molecule has 1 aliphatic heterocycles. The average molecular weight is 324 g/mol. The third-order valence-corrected chi connectivity index (χ3v) is 3.39. The third-order valence-electron chi connectivity index (χ3n) is 3.39. The summed E-state index contributed by atoms with van der Waals surface area (Å²) in [6.45, 7) is 0.136. The average Bonchev–Trinajstić information content (AvgIpc) is 2.52. The molecule has 0 radical (unpaired) electrons. The molecule has 1 atom stereocenters. The van der Waals surface area contributed by atoms with E-state index in [1.54, 1.807) is 6.07 Å². The normalized spacial score (nSPS) is 17.6. The molecular formula is C15H17FN2O5. The summed E-state index contributed by atoms with van der Waals surface area (Å²) in [6, 6.07) is 5.65. The fraction of sp³-hybridized carbons (Fsp3) is 0.400. The Bertz CT molecular complexity index is 607. The van der Waals surface area contributed by atoms with E-state index in [0.29, 0.717) is 5.56 Å². The topological polar surface area (TPSA) is 95.9 Å². The Labute approximate surface area is 132 Å². The molecule has 0 spiro atoms. The maximum absolute atomic E-state index is 13.0. The summed E-state index contributed by atoms with van der Waals surface area (Å²) in [4.78, 5) is 35.9. The van der Waals surface area contributed by atoms with E-state index in [-0.39, 0.29) is 38.6 Å². The predicted octanol–water partition coefficient (Wildman–Crippen LogP) is -0.204. The summed E-state index contributed by atoms with van der Waals surface area (Å²) in [7, 11) is 0. The number of aliphatic carboxylic acids is 1. The number of carbonyl (C=O) groups is 3. The SMILES string of the molecule is O=C(Cc1cccc(F)c1)NCC(=O)N1CCOC(C(=O)O)C1. The molecule has 2 rings (SSSR count). The van der Waals surface area contributed by atoms with Gasteiger partial charge in [-0.25, -0.2) is 9.18 Å². The van der Waals surface area contributed by atoms with E-state index in [1.807, 2.05) is 0 Å². The molecule has 1 heterocycles. The number of hydrogen-bond donors (Lipinski definition) is 2. The van der Waals surface area contributed by atoms with Crippen molar-refractivity contribution in [3.8, 4) is 0 Å². The van der Waals surface area contributed by atoms with E-state index in [1.165, 1.54) is 23.1 Å². The second-order valence-corrected chi connectivity index (χ2v) is 5.12. The first kappa shape index (κ1) is 16.9. The van der Waals surface area contributed by atoms with Crippen LogP contribution in [0.2, 0.25) is 0 Å². The van der Waals surface area contributed by atoms with Gasteiger partial charge in [-0.2, -0.15) is 0 Å². The number of nitrogens with one attached hydrogen (secondary N) is 1. The van der Waals surface area contributed by atoms with Gasteiger partial charge in [-0.05, 0) is 17.7 Å². The van der Waals surface area contributed by atoms with Gasteiger partial charge in [0.15, 0.2) is 6.10 Å². The predicted molar refractivity (Wildman–Crippen MR) is 77.1 cm³/mol. The van der Waals surface area contributed by atoms with Crippen LogP contribution in [0.5, 0.6) is 0 Å². The summed E-state index contributed by atoms with van der Waals surface area (Å²) < 4.78 is 18.0. The van der Waals surface area contributed by atoms with Gasteiger partial charge in [-0.15, -0.1) is 0 Å². The highest BCUT2D eigenvalue weighted by Gasteiger charge is 2.28. The van der Waals surface area contributed by atoms with E-state index in [2.05, 4.69) is 5.32 Å². The van der Waals surface area contributed by atoms with Crippen LogP contribution >= 0.6 is 0 Å². The molecule has 124 valence electrons. The molecule has 8 heteroatoms. The molecule has 0 saturated carbocycles. The molecular weight excluding hydrogens is 307 g/mol. The van der Waals surface area contributed by atoms with Crippen LogP contribution in [0.1, 0.15) is 5.56 Å². The van der Waals surface area contributed by atoms with Crippen LogP contribution in [-0.4, -0.2) is 60.1 Å². The maximum atomic E-state index is 13.0. The lowest BCUT2D eigenvalue weighted by Gasteiger charge is -2.30. The number of carbonyl (C=O) groups excluding carboxylic acids is 2. The minimum Gasteiger partial charge on any atom is -0.479 e. The van der Waals surface area contributed by atoms with Gasteiger partial charge in [0.25, 0.3) is 0 Å². The lowest BCUT2D eigenvalue weighted by atomic mass is 10.1. The van der Waals surface area contributed by atoms with Crippen molar-refractivity contribution in [2.45, 2.75) is 12.5 Å². The van der Waals surface area contributed by atoms with Crippen LogP contribution in [0.15, 0.2) is 24.3 Å². The van der Waals surface area contributed by atoms with Gasteiger partial charge in [0.2, 0.25) is 11.8 Å². The maximum Gasteiger partial charge on any atom is 0.334 e. The molecule has 1 saturated heterocycles.